The molecule has 0 unspecified atom stereocenters. The van der Waals surface area contributed by atoms with Gasteiger partial charge in [-0.05, 0) is 18.1 Å². The molecule has 0 saturated heterocycles. The van der Waals surface area contributed by atoms with Crippen LogP contribution in [-0.2, 0) is 11.2 Å². The van der Waals surface area contributed by atoms with Crippen LogP contribution >= 0.6 is 11.3 Å². The number of rotatable bonds is 4. The minimum absolute atomic E-state index is 0.0849. The third kappa shape index (κ3) is 3.37. The van der Waals surface area contributed by atoms with Gasteiger partial charge in [0.15, 0.2) is 5.13 Å². The van der Waals surface area contributed by atoms with Crippen LogP contribution in [0.4, 0.5) is 5.13 Å². The van der Waals surface area contributed by atoms with Gasteiger partial charge in [0.25, 0.3) is 0 Å². The largest absolute Gasteiger partial charge is 0.302 e. The van der Waals surface area contributed by atoms with Crippen molar-refractivity contribution in [2.45, 2.75) is 26.2 Å². The Morgan fingerprint density at radius 1 is 1.44 bits per heavy atom. The summed E-state index contributed by atoms with van der Waals surface area (Å²) >= 11 is 1.45. The van der Waals surface area contributed by atoms with Crippen molar-refractivity contribution in [3.05, 3.63) is 41.2 Å². The van der Waals surface area contributed by atoms with Gasteiger partial charge in [-0.25, -0.2) is 4.98 Å². The molecule has 1 amide bonds. The highest BCUT2D eigenvalue weighted by molar-refractivity contribution is 7.13. The molecule has 18 heavy (non-hydrogen) atoms. The lowest BCUT2D eigenvalue weighted by atomic mass is 10.2. The smallest absolute Gasteiger partial charge is 0.232 e. The maximum absolute atomic E-state index is 11.8. The first kappa shape index (κ1) is 12.7. The summed E-state index contributed by atoms with van der Waals surface area (Å²) in [5.74, 6) is 0.293. The maximum Gasteiger partial charge on any atom is 0.232 e. The van der Waals surface area contributed by atoms with E-state index in [-0.39, 0.29) is 12.3 Å². The van der Waals surface area contributed by atoms with E-state index >= 15 is 0 Å². The normalized spacial score (nSPS) is 10.6. The van der Waals surface area contributed by atoms with E-state index in [1.165, 1.54) is 11.3 Å². The quantitative estimate of drug-likeness (QED) is 0.920. The first-order valence-corrected chi connectivity index (χ1v) is 6.68. The van der Waals surface area contributed by atoms with Gasteiger partial charge in [0.05, 0.1) is 12.1 Å². The van der Waals surface area contributed by atoms with E-state index in [0.29, 0.717) is 11.0 Å². The lowest BCUT2D eigenvalue weighted by molar-refractivity contribution is -0.115. The van der Waals surface area contributed by atoms with Crippen molar-refractivity contribution in [3.8, 4) is 0 Å². The molecule has 0 bridgehead atoms. The van der Waals surface area contributed by atoms with Crippen molar-refractivity contribution in [2.75, 3.05) is 5.32 Å². The predicted octanol–water partition coefficient (Wildman–Crippen LogP) is 2.84. The van der Waals surface area contributed by atoms with Crippen LogP contribution in [0.2, 0.25) is 0 Å². The second kappa shape index (κ2) is 5.73. The molecule has 2 heterocycles. The van der Waals surface area contributed by atoms with E-state index in [9.17, 15) is 4.79 Å². The molecule has 1 N–H and O–H groups in total. The molecular weight excluding hydrogens is 246 g/mol. The number of aromatic nitrogens is 2. The van der Waals surface area contributed by atoms with Crippen LogP contribution in [0.3, 0.4) is 0 Å². The third-order valence-electron chi connectivity index (χ3n) is 2.43. The topological polar surface area (TPSA) is 54.9 Å². The average molecular weight is 261 g/mol. The van der Waals surface area contributed by atoms with Gasteiger partial charge in [-0.15, -0.1) is 11.3 Å². The average Bonchev–Trinajstić information content (AvgIpc) is 2.78. The zero-order chi connectivity index (χ0) is 13.0. The molecule has 2 aromatic heterocycles. The van der Waals surface area contributed by atoms with Gasteiger partial charge >= 0.3 is 0 Å². The van der Waals surface area contributed by atoms with Crippen molar-refractivity contribution < 1.29 is 4.79 Å². The fraction of sp³-hybridized carbons (Fsp3) is 0.308. The van der Waals surface area contributed by atoms with Gasteiger partial charge in [-0.1, -0.05) is 19.9 Å². The lowest BCUT2D eigenvalue weighted by Crippen LogP contribution is -2.15. The fourth-order valence-corrected chi connectivity index (χ4v) is 2.33. The van der Waals surface area contributed by atoms with Crippen LogP contribution in [0.15, 0.2) is 29.8 Å². The number of anilines is 1. The number of pyridine rings is 1. The van der Waals surface area contributed by atoms with E-state index < -0.39 is 0 Å². The highest BCUT2D eigenvalue weighted by Crippen LogP contribution is 2.21. The Hall–Kier alpha value is -1.75. The summed E-state index contributed by atoms with van der Waals surface area (Å²) in [4.78, 5) is 20.2. The van der Waals surface area contributed by atoms with Crippen LogP contribution in [0.5, 0.6) is 0 Å². The van der Waals surface area contributed by atoms with Crippen molar-refractivity contribution in [3.63, 3.8) is 0 Å². The Bertz CT molecular complexity index is 522. The summed E-state index contributed by atoms with van der Waals surface area (Å²) in [6.45, 7) is 4.16. The molecule has 94 valence electrons. The summed E-state index contributed by atoms with van der Waals surface area (Å²) in [6, 6.07) is 5.54. The molecule has 0 radical (unpaired) electrons. The van der Waals surface area contributed by atoms with Gasteiger partial charge in [0.1, 0.15) is 0 Å². The Labute approximate surface area is 110 Å². The van der Waals surface area contributed by atoms with Crippen LogP contribution in [0, 0.1) is 0 Å². The number of hydrogen-bond acceptors (Lipinski definition) is 4. The number of nitrogens with one attached hydrogen (secondary N) is 1. The molecule has 0 aliphatic heterocycles. The van der Waals surface area contributed by atoms with Gasteiger partial charge in [0, 0.05) is 17.3 Å². The second-order valence-corrected chi connectivity index (χ2v) is 5.14. The molecule has 4 nitrogen and oxygen atoms in total. The third-order valence-corrected chi connectivity index (χ3v) is 3.20. The number of carbonyl (C=O) groups is 1. The minimum Gasteiger partial charge on any atom is -0.302 e. The van der Waals surface area contributed by atoms with Gasteiger partial charge < -0.3 is 5.32 Å². The van der Waals surface area contributed by atoms with Gasteiger partial charge in [-0.2, -0.15) is 0 Å². The Morgan fingerprint density at radius 2 is 2.28 bits per heavy atom. The molecule has 5 heteroatoms. The van der Waals surface area contributed by atoms with E-state index in [1.807, 2.05) is 23.6 Å². The van der Waals surface area contributed by atoms with E-state index in [4.69, 9.17) is 0 Å². The molecule has 0 spiro atoms. The van der Waals surface area contributed by atoms with Crippen LogP contribution in [0.1, 0.15) is 31.2 Å². The number of thiazole rings is 1. The maximum atomic E-state index is 11.8. The summed E-state index contributed by atoms with van der Waals surface area (Å²) in [7, 11) is 0. The van der Waals surface area contributed by atoms with Crippen molar-refractivity contribution >= 4 is 22.4 Å². The number of carbonyl (C=O) groups excluding carboxylic acids is 1. The molecule has 2 aromatic rings. The number of hydrogen-bond donors (Lipinski definition) is 1. The van der Waals surface area contributed by atoms with Gasteiger partial charge in [-0.3, -0.25) is 9.78 Å². The first-order valence-electron chi connectivity index (χ1n) is 5.80. The fourth-order valence-electron chi connectivity index (χ4n) is 1.44. The summed E-state index contributed by atoms with van der Waals surface area (Å²) in [5.41, 5.74) is 1.77. The first-order chi connectivity index (χ1) is 8.65. The Morgan fingerprint density at radius 3 is 2.89 bits per heavy atom. The zero-order valence-corrected chi connectivity index (χ0v) is 11.2. The van der Waals surface area contributed by atoms with Crippen molar-refractivity contribution in [1.29, 1.82) is 0 Å². The van der Waals surface area contributed by atoms with Crippen LogP contribution in [-0.4, -0.2) is 15.9 Å². The molecule has 0 aromatic carbocycles. The molecule has 0 aliphatic rings. The molecule has 0 aliphatic carbocycles. The summed E-state index contributed by atoms with van der Waals surface area (Å²) in [5, 5.41) is 5.42. The lowest BCUT2D eigenvalue weighted by Gasteiger charge is -2.01. The molecular formula is C13H15N3OS. The van der Waals surface area contributed by atoms with Gasteiger partial charge in [0.2, 0.25) is 5.91 Å². The SMILES string of the molecule is CC(C)c1csc(NC(=O)Cc2ccccn2)n1. The Balaban J connectivity index is 1.95. The summed E-state index contributed by atoms with van der Waals surface area (Å²) < 4.78 is 0. The standard InChI is InChI=1S/C13H15N3OS/c1-9(2)11-8-18-13(15-11)16-12(17)7-10-5-3-4-6-14-10/h3-6,8-9H,7H2,1-2H3,(H,15,16,17). The minimum atomic E-state index is -0.0849. The molecule has 0 saturated carbocycles. The number of nitrogens with zero attached hydrogens (tertiary/aromatic N) is 2. The Kier molecular flexibility index (Phi) is 4.04. The zero-order valence-electron chi connectivity index (χ0n) is 10.4. The molecule has 0 atom stereocenters. The number of amides is 1. The van der Waals surface area contributed by atoms with E-state index in [0.717, 1.165) is 11.4 Å². The van der Waals surface area contributed by atoms with Crippen LogP contribution < -0.4 is 5.32 Å². The second-order valence-electron chi connectivity index (χ2n) is 4.28. The van der Waals surface area contributed by atoms with E-state index in [2.05, 4.69) is 29.1 Å². The monoisotopic (exact) mass is 261 g/mol. The molecule has 2 rings (SSSR count). The highest BCUT2D eigenvalue weighted by atomic mass is 32.1. The molecule has 0 fully saturated rings. The van der Waals surface area contributed by atoms with E-state index in [1.54, 1.807) is 6.20 Å². The van der Waals surface area contributed by atoms with Crippen LogP contribution in [0.25, 0.3) is 0 Å². The van der Waals surface area contributed by atoms with Crippen molar-refractivity contribution in [1.82, 2.24) is 9.97 Å². The predicted molar refractivity (Wildman–Crippen MR) is 72.8 cm³/mol. The van der Waals surface area contributed by atoms with Crippen molar-refractivity contribution in [2.24, 2.45) is 0 Å². The highest BCUT2D eigenvalue weighted by Gasteiger charge is 2.09. The summed E-state index contributed by atoms with van der Waals surface area (Å²) in [6.07, 6.45) is 1.96.